The Balaban J connectivity index is 2.05. The third-order valence-electron chi connectivity index (χ3n) is 3.96. The minimum Gasteiger partial charge on any atom is -0.325 e. The van der Waals surface area contributed by atoms with E-state index in [0.29, 0.717) is 18.5 Å². The first-order valence-corrected chi connectivity index (χ1v) is 7.71. The van der Waals surface area contributed by atoms with Crippen LogP contribution in [-0.4, -0.2) is 12.1 Å². The van der Waals surface area contributed by atoms with Gasteiger partial charge in [0.15, 0.2) is 0 Å². The van der Waals surface area contributed by atoms with Gasteiger partial charge in [0.1, 0.15) is 0 Å². The maximum Gasteiger partial charge on any atom is 0.391 e. The zero-order valence-electron chi connectivity index (χ0n) is 11.6. The Morgan fingerprint density at radius 3 is 2.71 bits per heavy atom. The predicted octanol–water partition coefficient (Wildman–Crippen LogP) is 5.06. The van der Waals surface area contributed by atoms with Crippen molar-refractivity contribution < 1.29 is 18.0 Å². The molecule has 0 heterocycles. The highest BCUT2D eigenvalue weighted by atomic mass is 79.9. The molecule has 0 saturated heterocycles. The molecule has 2 nitrogen and oxygen atoms in total. The van der Waals surface area contributed by atoms with E-state index in [0.717, 1.165) is 10.0 Å². The van der Waals surface area contributed by atoms with Crippen molar-refractivity contribution >= 4 is 27.5 Å². The lowest BCUT2D eigenvalue weighted by Crippen LogP contribution is -2.34. The number of benzene rings is 1. The molecule has 1 fully saturated rings. The van der Waals surface area contributed by atoms with Crippen LogP contribution in [0.4, 0.5) is 18.9 Å². The van der Waals surface area contributed by atoms with Crippen molar-refractivity contribution in [1.82, 2.24) is 0 Å². The summed E-state index contributed by atoms with van der Waals surface area (Å²) in [5, 5.41) is 2.74. The predicted molar refractivity (Wildman–Crippen MR) is 79.0 cm³/mol. The summed E-state index contributed by atoms with van der Waals surface area (Å²) in [7, 11) is 0. The summed E-state index contributed by atoms with van der Waals surface area (Å²) in [6.45, 7) is 1.89. The first-order chi connectivity index (χ1) is 9.79. The van der Waals surface area contributed by atoms with Crippen LogP contribution >= 0.6 is 15.9 Å². The number of aryl methyl sites for hydroxylation is 1. The van der Waals surface area contributed by atoms with Crippen LogP contribution in [0.15, 0.2) is 22.7 Å². The number of halogens is 4. The quantitative estimate of drug-likeness (QED) is 0.781. The molecule has 1 amide bonds. The van der Waals surface area contributed by atoms with E-state index >= 15 is 0 Å². The fourth-order valence-electron chi connectivity index (χ4n) is 2.70. The van der Waals surface area contributed by atoms with Crippen molar-refractivity contribution in [2.45, 2.75) is 38.8 Å². The smallest absolute Gasteiger partial charge is 0.325 e. The van der Waals surface area contributed by atoms with Gasteiger partial charge in [0.05, 0.1) is 11.6 Å². The van der Waals surface area contributed by atoms with Gasteiger partial charge in [0, 0.05) is 10.4 Å². The summed E-state index contributed by atoms with van der Waals surface area (Å²) in [6, 6.07) is 5.42. The largest absolute Gasteiger partial charge is 0.391 e. The Morgan fingerprint density at radius 1 is 1.33 bits per heavy atom. The van der Waals surface area contributed by atoms with Gasteiger partial charge in [-0.05, 0) is 53.7 Å². The minimum atomic E-state index is -4.21. The zero-order valence-corrected chi connectivity index (χ0v) is 13.2. The van der Waals surface area contributed by atoms with Crippen LogP contribution < -0.4 is 5.32 Å². The lowest BCUT2D eigenvalue weighted by Gasteiger charge is -2.29. The second-order valence-electron chi connectivity index (χ2n) is 5.53. The molecule has 0 spiro atoms. The molecule has 2 atom stereocenters. The Labute approximate surface area is 130 Å². The van der Waals surface area contributed by atoms with Crippen molar-refractivity contribution in [3.8, 4) is 0 Å². The Bertz CT molecular complexity index is 530. The molecule has 2 rings (SSSR count). The molecule has 21 heavy (non-hydrogen) atoms. The minimum absolute atomic E-state index is 0.112. The first-order valence-electron chi connectivity index (χ1n) is 6.91. The number of rotatable bonds is 2. The first kappa shape index (κ1) is 16.3. The van der Waals surface area contributed by atoms with Crippen LogP contribution in [0, 0.1) is 18.8 Å². The lowest BCUT2D eigenvalue weighted by molar-refractivity contribution is -0.185. The van der Waals surface area contributed by atoms with Crippen LogP contribution in [-0.2, 0) is 4.79 Å². The number of amides is 1. The summed E-state index contributed by atoms with van der Waals surface area (Å²) >= 11 is 3.38. The third kappa shape index (κ3) is 3.99. The van der Waals surface area contributed by atoms with Gasteiger partial charge in [-0.1, -0.05) is 18.6 Å². The molecule has 1 aliphatic carbocycles. The van der Waals surface area contributed by atoms with E-state index in [4.69, 9.17) is 0 Å². The molecule has 1 aromatic rings. The second kappa shape index (κ2) is 6.38. The van der Waals surface area contributed by atoms with Gasteiger partial charge in [-0.3, -0.25) is 4.79 Å². The van der Waals surface area contributed by atoms with E-state index in [1.165, 1.54) is 0 Å². The van der Waals surface area contributed by atoms with Crippen LogP contribution in [0.3, 0.4) is 0 Å². The molecule has 1 saturated carbocycles. The monoisotopic (exact) mass is 363 g/mol. The van der Waals surface area contributed by atoms with Crippen molar-refractivity contribution in [3.63, 3.8) is 0 Å². The van der Waals surface area contributed by atoms with E-state index < -0.39 is 18.0 Å². The third-order valence-corrected chi connectivity index (χ3v) is 5.01. The molecule has 0 aliphatic heterocycles. The second-order valence-corrected chi connectivity index (χ2v) is 6.32. The highest BCUT2D eigenvalue weighted by Gasteiger charge is 2.43. The van der Waals surface area contributed by atoms with Gasteiger partial charge in [-0.25, -0.2) is 0 Å². The molecular formula is C15H17BrF3NO. The lowest BCUT2D eigenvalue weighted by atomic mass is 9.80. The Hall–Kier alpha value is -1.04. The molecule has 1 aromatic carbocycles. The maximum atomic E-state index is 12.8. The van der Waals surface area contributed by atoms with E-state index in [1.54, 1.807) is 12.1 Å². The van der Waals surface area contributed by atoms with Crippen molar-refractivity contribution in [3.05, 3.63) is 28.2 Å². The van der Waals surface area contributed by atoms with Gasteiger partial charge in [-0.2, -0.15) is 13.2 Å². The zero-order chi connectivity index (χ0) is 15.6. The van der Waals surface area contributed by atoms with Crippen LogP contribution in [0.2, 0.25) is 0 Å². The molecule has 0 bridgehead atoms. The molecule has 116 valence electrons. The fraction of sp³-hybridized carbons (Fsp3) is 0.533. The summed E-state index contributed by atoms with van der Waals surface area (Å²) in [5.41, 5.74) is 1.57. The average molecular weight is 364 g/mol. The summed E-state index contributed by atoms with van der Waals surface area (Å²) in [6.07, 6.45) is -3.23. The number of anilines is 1. The standard InChI is InChI=1S/C15H17BrF3NO/c1-9-4-2-7-12(13(9)16)20-14(21)10-5-3-6-11(8-10)15(17,18)19/h2,4,7,10-11H,3,5-6,8H2,1H3,(H,20,21). The van der Waals surface area contributed by atoms with Crippen LogP contribution in [0.25, 0.3) is 0 Å². The topological polar surface area (TPSA) is 29.1 Å². The average Bonchev–Trinajstić information content (AvgIpc) is 2.43. The van der Waals surface area contributed by atoms with Gasteiger partial charge in [0.2, 0.25) is 5.91 Å². The van der Waals surface area contributed by atoms with E-state index in [1.807, 2.05) is 13.0 Å². The molecular weight excluding hydrogens is 347 g/mol. The number of carbonyl (C=O) groups excluding carboxylic acids is 1. The van der Waals surface area contributed by atoms with E-state index in [-0.39, 0.29) is 18.7 Å². The summed E-state index contributed by atoms with van der Waals surface area (Å²) in [4.78, 5) is 12.2. The number of alkyl halides is 3. The van der Waals surface area contributed by atoms with Gasteiger partial charge < -0.3 is 5.32 Å². The number of nitrogens with one attached hydrogen (secondary N) is 1. The van der Waals surface area contributed by atoms with Crippen LogP contribution in [0.1, 0.15) is 31.2 Å². The normalized spacial score (nSPS) is 22.9. The number of hydrogen-bond donors (Lipinski definition) is 1. The summed E-state index contributed by atoms with van der Waals surface area (Å²) < 4.78 is 39.1. The van der Waals surface area contributed by atoms with Crippen LogP contribution in [0.5, 0.6) is 0 Å². The molecule has 0 radical (unpaired) electrons. The molecule has 0 aromatic heterocycles. The Morgan fingerprint density at radius 2 is 2.05 bits per heavy atom. The number of hydrogen-bond acceptors (Lipinski definition) is 1. The van der Waals surface area contributed by atoms with Gasteiger partial charge in [0.25, 0.3) is 0 Å². The molecule has 1 N–H and O–H groups in total. The SMILES string of the molecule is Cc1cccc(NC(=O)C2CCCC(C(F)(F)F)C2)c1Br. The summed E-state index contributed by atoms with van der Waals surface area (Å²) in [5.74, 6) is -2.25. The van der Waals surface area contributed by atoms with E-state index in [9.17, 15) is 18.0 Å². The van der Waals surface area contributed by atoms with Gasteiger partial charge in [-0.15, -0.1) is 0 Å². The highest BCUT2D eigenvalue weighted by Crippen LogP contribution is 2.40. The van der Waals surface area contributed by atoms with Crippen molar-refractivity contribution in [2.24, 2.45) is 11.8 Å². The molecule has 6 heteroatoms. The fourth-order valence-corrected chi connectivity index (χ4v) is 3.07. The highest BCUT2D eigenvalue weighted by molar-refractivity contribution is 9.10. The molecule has 1 aliphatic rings. The van der Waals surface area contributed by atoms with Crippen molar-refractivity contribution in [2.75, 3.05) is 5.32 Å². The van der Waals surface area contributed by atoms with Crippen molar-refractivity contribution in [1.29, 1.82) is 0 Å². The maximum absolute atomic E-state index is 12.8. The molecule has 2 unspecified atom stereocenters. The van der Waals surface area contributed by atoms with Gasteiger partial charge >= 0.3 is 6.18 Å². The number of carbonyl (C=O) groups is 1. The Kier molecular flexibility index (Phi) is 4.96. The van der Waals surface area contributed by atoms with E-state index in [2.05, 4.69) is 21.2 Å².